The molecule has 1 aromatic carbocycles. The quantitative estimate of drug-likeness (QED) is 0.823. The zero-order valence-corrected chi connectivity index (χ0v) is 13.7. The highest BCUT2D eigenvalue weighted by Crippen LogP contribution is 2.23. The Balaban J connectivity index is 1.96. The van der Waals surface area contributed by atoms with Crippen LogP contribution >= 0.6 is 11.8 Å². The van der Waals surface area contributed by atoms with Gasteiger partial charge in [-0.15, -0.1) is 11.8 Å². The predicted molar refractivity (Wildman–Crippen MR) is 88.2 cm³/mol. The topological polar surface area (TPSA) is 86.7 Å². The number of benzene rings is 1. The number of carbonyl (C=O) groups is 3. The molecular weight excluding hydrogens is 316 g/mol. The van der Waals surface area contributed by atoms with Crippen LogP contribution in [0, 0.1) is 0 Å². The number of thioether (sulfide) groups is 1. The lowest BCUT2D eigenvalue weighted by Gasteiger charge is -2.24. The summed E-state index contributed by atoms with van der Waals surface area (Å²) in [5.74, 6) is -0.236. The fourth-order valence-corrected chi connectivity index (χ4v) is 3.51. The minimum absolute atomic E-state index is 0.00746. The van der Waals surface area contributed by atoms with Gasteiger partial charge in [0.1, 0.15) is 6.04 Å². The molecule has 0 aromatic heterocycles. The molecule has 2 rings (SSSR count). The van der Waals surface area contributed by atoms with Gasteiger partial charge in [-0.25, -0.2) is 0 Å². The molecule has 0 spiro atoms. The lowest BCUT2D eigenvalue weighted by atomic mass is 10.1. The summed E-state index contributed by atoms with van der Waals surface area (Å²) in [6.45, 7) is 1.77. The number of hydrogen-bond donors (Lipinski definition) is 2. The van der Waals surface area contributed by atoms with Crippen molar-refractivity contribution in [2.75, 3.05) is 11.6 Å². The van der Waals surface area contributed by atoms with E-state index >= 15 is 0 Å². The van der Waals surface area contributed by atoms with E-state index in [2.05, 4.69) is 5.32 Å². The van der Waals surface area contributed by atoms with Gasteiger partial charge in [0.25, 0.3) is 5.91 Å². The third-order valence-electron chi connectivity index (χ3n) is 3.65. The molecule has 1 saturated heterocycles. The molecule has 0 saturated carbocycles. The van der Waals surface area contributed by atoms with Crippen LogP contribution in [0.25, 0.3) is 0 Å². The highest BCUT2D eigenvalue weighted by atomic mass is 32.2. The lowest BCUT2D eigenvalue weighted by Crippen LogP contribution is -2.49. The number of aliphatic carboxylic acids is 1. The number of rotatable bonds is 6. The predicted octanol–water partition coefficient (Wildman–Crippen LogP) is 1.57. The fourth-order valence-electron chi connectivity index (χ4n) is 2.36. The van der Waals surface area contributed by atoms with Crippen molar-refractivity contribution in [2.45, 2.75) is 31.8 Å². The molecule has 0 aliphatic carbocycles. The Morgan fingerprint density at radius 3 is 2.70 bits per heavy atom. The molecule has 7 heteroatoms. The van der Waals surface area contributed by atoms with Crippen molar-refractivity contribution in [3.05, 3.63) is 35.9 Å². The summed E-state index contributed by atoms with van der Waals surface area (Å²) in [7, 11) is 0. The highest BCUT2D eigenvalue weighted by molar-refractivity contribution is 7.99. The Hall–Kier alpha value is -2.02. The first-order valence-electron chi connectivity index (χ1n) is 7.45. The minimum atomic E-state index is -0.886. The molecule has 2 atom stereocenters. The Bertz CT molecular complexity index is 579. The maximum absolute atomic E-state index is 12.5. The summed E-state index contributed by atoms with van der Waals surface area (Å²) in [4.78, 5) is 37.0. The first-order valence-corrected chi connectivity index (χ1v) is 8.60. The number of carboxylic acids is 1. The number of hydrogen-bond acceptors (Lipinski definition) is 4. The molecule has 0 bridgehead atoms. The van der Waals surface area contributed by atoms with E-state index in [0.29, 0.717) is 23.6 Å². The Kier molecular flexibility index (Phi) is 6.04. The van der Waals surface area contributed by atoms with Gasteiger partial charge in [-0.05, 0) is 25.5 Å². The zero-order valence-electron chi connectivity index (χ0n) is 12.9. The van der Waals surface area contributed by atoms with Crippen LogP contribution in [0.5, 0.6) is 0 Å². The third-order valence-corrected chi connectivity index (χ3v) is 4.66. The van der Waals surface area contributed by atoms with Crippen LogP contribution in [0.1, 0.15) is 30.1 Å². The van der Waals surface area contributed by atoms with Gasteiger partial charge in [0.05, 0.1) is 5.88 Å². The Morgan fingerprint density at radius 2 is 2.04 bits per heavy atom. The molecule has 1 aliphatic rings. The number of amides is 2. The number of nitrogens with one attached hydrogen (secondary N) is 1. The Morgan fingerprint density at radius 1 is 1.35 bits per heavy atom. The monoisotopic (exact) mass is 336 g/mol. The van der Waals surface area contributed by atoms with Crippen LogP contribution < -0.4 is 5.32 Å². The van der Waals surface area contributed by atoms with Crippen molar-refractivity contribution in [3.63, 3.8) is 0 Å². The van der Waals surface area contributed by atoms with Crippen molar-refractivity contribution in [1.29, 1.82) is 0 Å². The summed E-state index contributed by atoms with van der Waals surface area (Å²) in [6, 6.07) is 8.13. The summed E-state index contributed by atoms with van der Waals surface area (Å²) in [5.41, 5.74) is 0.562. The van der Waals surface area contributed by atoms with Crippen molar-refractivity contribution < 1.29 is 19.5 Å². The molecule has 124 valence electrons. The second-order valence-electron chi connectivity index (χ2n) is 5.50. The SMILES string of the molecule is CC(CCC(=O)O)NC(=O)C1CSCN1C(=O)c1ccccc1. The normalized spacial score (nSPS) is 18.5. The molecule has 1 aromatic rings. The van der Waals surface area contributed by atoms with Crippen LogP contribution in [0.15, 0.2) is 30.3 Å². The molecule has 2 N–H and O–H groups in total. The Labute approximate surface area is 139 Å². The van der Waals surface area contributed by atoms with Gasteiger partial charge >= 0.3 is 5.97 Å². The van der Waals surface area contributed by atoms with E-state index in [1.54, 1.807) is 36.1 Å². The third kappa shape index (κ3) is 4.72. The van der Waals surface area contributed by atoms with Crippen LogP contribution in [-0.4, -0.2) is 51.5 Å². The molecule has 0 radical (unpaired) electrons. The van der Waals surface area contributed by atoms with Gasteiger partial charge in [0, 0.05) is 23.8 Å². The van der Waals surface area contributed by atoms with Gasteiger partial charge in [0.2, 0.25) is 5.91 Å². The van der Waals surface area contributed by atoms with E-state index in [4.69, 9.17) is 5.11 Å². The van der Waals surface area contributed by atoms with Crippen LogP contribution in [-0.2, 0) is 9.59 Å². The lowest BCUT2D eigenvalue weighted by molar-refractivity contribution is -0.137. The smallest absolute Gasteiger partial charge is 0.303 e. The molecular formula is C16H20N2O4S. The molecule has 1 fully saturated rings. The first kappa shape index (κ1) is 17.3. The van der Waals surface area contributed by atoms with E-state index in [1.807, 2.05) is 6.07 Å². The van der Waals surface area contributed by atoms with E-state index in [-0.39, 0.29) is 24.3 Å². The maximum atomic E-state index is 12.5. The molecule has 1 heterocycles. The van der Waals surface area contributed by atoms with Crippen LogP contribution in [0.3, 0.4) is 0 Å². The van der Waals surface area contributed by atoms with Gasteiger partial charge in [0.15, 0.2) is 0 Å². The van der Waals surface area contributed by atoms with Crippen LogP contribution in [0.2, 0.25) is 0 Å². The van der Waals surface area contributed by atoms with Gasteiger partial charge in [-0.2, -0.15) is 0 Å². The second-order valence-corrected chi connectivity index (χ2v) is 6.50. The van der Waals surface area contributed by atoms with Crippen molar-refractivity contribution in [3.8, 4) is 0 Å². The van der Waals surface area contributed by atoms with Gasteiger partial charge in [-0.1, -0.05) is 18.2 Å². The summed E-state index contributed by atoms with van der Waals surface area (Å²) in [6.07, 6.45) is 0.376. The average molecular weight is 336 g/mol. The summed E-state index contributed by atoms with van der Waals surface area (Å²) < 4.78 is 0. The fraction of sp³-hybridized carbons (Fsp3) is 0.438. The summed E-state index contributed by atoms with van der Waals surface area (Å²) >= 11 is 1.54. The van der Waals surface area contributed by atoms with Gasteiger partial charge < -0.3 is 15.3 Å². The van der Waals surface area contributed by atoms with Crippen molar-refractivity contribution in [2.24, 2.45) is 0 Å². The molecule has 2 unspecified atom stereocenters. The first-order chi connectivity index (χ1) is 11.0. The largest absolute Gasteiger partial charge is 0.481 e. The molecule has 1 aliphatic heterocycles. The maximum Gasteiger partial charge on any atom is 0.303 e. The van der Waals surface area contributed by atoms with Crippen molar-refractivity contribution >= 4 is 29.5 Å². The van der Waals surface area contributed by atoms with Gasteiger partial charge in [-0.3, -0.25) is 14.4 Å². The summed E-state index contributed by atoms with van der Waals surface area (Å²) in [5, 5.41) is 11.5. The molecule has 23 heavy (non-hydrogen) atoms. The van der Waals surface area contributed by atoms with E-state index in [9.17, 15) is 14.4 Å². The van der Waals surface area contributed by atoms with E-state index < -0.39 is 12.0 Å². The van der Waals surface area contributed by atoms with E-state index in [0.717, 1.165) is 0 Å². The molecule has 6 nitrogen and oxygen atoms in total. The number of nitrogens with zero attached hydrogens (tertiary/aromatic N) is 1. The second kappa shape index (κ2) is 8.01. The standard InChI is InChI=1S/C16H20N2O4S/c1-11(7-8-14(19)20)17-15(21)13-9-23-10-18(13)16(22)12-5-3-2-4-6-12/h2-6,11,13H,7-10H2,1H3,(H,17,21)(H,19,20). The van der Waals surface area contributed by atoms with E-state index in [1.165, 1.54) is 11.8 Å². The number of carbonyl (C=O) groups excluding carboxylic acids is 2. The highest BCUT2D eigenvalue weighted by Gasteiger charge is 2.35. The molecule has 2 amide bonds. The zero-order chi connectivity index (χ0) is 16.8. The minimum Gasteiger partial charge on any atom is -0.481 e. The van der Waals surface area contributed by atoms with Crippen LogP contribution in [0.4, 0.5) is 0 Å². The number of carboxylic acid groups (broad SMARTS) is 1. The average Bonchev–Trinajstić information content (AvgIpc) is 3.02. The van der Waals surface area contributed by atoms with Crippen molar-refractivity contribution in [1.82, 2.24) is 10.2 Å².